The number of ether oxygens (including phenoxy) is 2. The molecule has 5 rings (SSSR count). The molecule has 228 valence electrons. The molecule has 4 aromatic carbocycles. The lowest BCUT2D eigenvalue weighted by molar-refractivity contribution is -0.146. The lowest BCUT2D eigenvalue weighted by Gasteiger charge is -2.35. The molecule has 1 heterocycles. The smallest absolute Gasteiger partial charge is 0.313 e. The van der Waals surface area contributed by atoms with Crippen molar-refractivity contribution in [3.05, 3.63) is 130 Å². The molecule has 0 bridgehead atoms. The van der Waals surface area contributed by atoms with Gasteiger partial charge in [-0.25, -0.2) is 0 Å². The summed E-state index contributed by atoms with van der Waals surface area (Å²) in [5.74, 6) is -0.873. The van der Waals surface area contributed by atoms with Crippen molar-refractivity contribution in [3.8, 4) is 11.1 Å². The third-order valence-corrected chi connectivity index (χ3v) is 8.35. The van der Waals surface area contributed by atoms with E-state index in [1.54, 1.807) is 37.3 Å². The lowest BCUT2D eigenvalue weighted by Crippen LogP contribution is -2.46. The average Bonchev–Trinajstić information content (AvgIpc) is 3.07. The highest BCUT2D eigenvalue weighted by Crippen LogP contribution is 2.26. The van der Waals surface area contributed by atoms with Gasteiger partial charge in [-0.05, 0) is 47.4 Å². The minimum absolute atomic E-state index is 0.0673. The van der Waals surface area contributed by atoms with E-state index in [1.165, 1.54) is 16.7 Å². The first-order valence-electron chi connectivity index (χ1n) is 15.2. The fourth-order valence-corrected chi connectivity index (χ4v) is 5.57. The quantitative estimate of drug-likeness (QED) is 0.0952. The first kappa shape index (κ1) is 31.6. The van der Waals surface area contributed by atoms with Gasteiger partial charge in [-0.1, -0.05) is 96.5 Å². The normalized spacial score (nSPS) is 14.7. The summed E-state index contributed by atoms with van der Waals surface area (Å²) in [5, 5.41) is 0.748. The summed E-state index contributed by atoms with van der Waals surface area (Å²) in [7, 11) is 0. The van der Waals surface area contributed by atoms with Crippen molar-refractivity contribution >= 4 is 23.4 Å². The number of carbonyl (C=O) groups excluding carboxylic acids is 2. The van der Waals surface area contributed by atoms with Crippen LogP contribution in [0.3, 0.4) is 0 Å². The number of benzene rings is 4. The SMILES string of the molecule is CC(C(=O)OCCOCCN1CCN(Cc2ccccc2-c2ccc(Cl)cc2)CC1)c1cccc(C(=O)c2ccccc2)c1. The van der Waals surface area contributed by atoms with Gasteiger partial charge in [-0.3, -0.25) is 19.4 Å². The zero-order valence-corrected chi connectivity index (χ0v) is 25.9. The molecule has 0 amide bonds. The van der Waals surface area contributed by atoms with E-state index in [2.05, 4.69) is 46.2 Å². The zero-order chi connectivity index (χ0) is 30.7. The number of hydrogen-bond donors (Lipinski definition) is 0. The van der Waals surface area contributed by atoms with Crippen molar-refractivity contribution in [1.29, 1.82) is 0 Å². The van der Waals surface area contributed by atoms with Gasteiger partial charge in [0.15, 0.2) is 5.78 Å². The van der Waals surface area contributed by atoms with E-state index < -0.39 is 5.92 Å². The third-order valence-electron chi connectivity index (χ3n) is 8.09. The van der Waals surface area contributed by atoms with Crippen LogP contribution >= 0.6 is 11.6 Å². The molecule has 0 N–H and O–H groups in total. The fraction of sp³-hybridized carbons (Fsp3) is 0.297. The summed E-state index contributed by atoms with van der Waals surface area (Å²) >= 11 is 6.09. The van der Waals surface area contributed by atoms with Crippen molar-refractivity contribution in [2.75, 3.05) is 52.5 Å². The van der Waals surface area contributed by atoms with Crippen molar-refractivity contribution in [2.45, 2.75) is 19.4 Å². The number of ketones is 1. The Labute approximate surface area is 265 Å². The van der Waals surface area contributed by atoms with E-state index in [4.69, 9.17) is 21.1 Å². The largest absolute Gasteiger partial charge is 0.463 e. The summed E-state index contributed by atoms with van der Waals surface area (Å²) in [4.78, 5) is 30.4. The van der Waals surface area contributed by atoms with Gasteiger partial charge >= 0.3 is 5.97 Å². The minimum atomic E-state index is -0.479. The second-order valence-electron chi connectivity index (χ2n) is 11.1. The number of piperazine rings is 1. The topological polar surface area (TPSA) is 59.1 Å². The third kappa shape index (κ3) is 8.64. The molecule has 0 aliphatic carbocycles. The van der Waals surface area contributed by atoms with Crippen molar-refractivity contribution in [2.24, 2.45) is 0 Å². The van der Waals surface area contributed by atoms with Crippen LogP contribution in [0.4, 0.5) is 0 Å². The second kappa shape index (κ2) is 15.8. The van der Waals surface area contributed by atoms with Gasteiger partial charge in [-0.15, -0.1) is 0 Å². The molecular formula is C37H39ClN2O4. The molecule has 0 aromatic heterocycles. The summed E-state index contributed by atoms with van der Waals surface area (Å²) in [6.45, 7) is 8.70. The van der Waals surface area contributed by atoms with E-state index in [9.17, 15) is 9.59 Å². The Morgan fingerprint density at radius 1 is 0.750 bits per heavy atom. The van der Waals surface area contributed by atoms with Gasteiger partial charge in [0.05, 0.1) is 19.1 Å². The van der Waals surface area contributed by atoms with Crippen LogP contribution in [-0.2, 0) is 20.8 Å². The maximum absolute atomic E-state index is 12.8. The standard InChI is InChI=1S/C37H39ClN2O4/c1-28(31-11-7-12-32(26-31)36(41)30-8-3-2-4-9-30)37(42)44-25-24-43-23-22-39-18-20-40(21-19-39)27-33-10-5-6-13-35(33)29-14-16-34(38)17-15-29/h2-17,26,28H,18-25,27H2,1H3. The summed E-state index contributed by atoms with van der Waals surface area (Å²) in [6.07, 6.45) is 0. The summed E-state index contributed by atoms with van der Waals surface area (Å²) in [6, 6.07) is 32.9. The molecule has 1 aliphatic rings. The monoisotopic (exact) mass is 610 g/mol. The van der Waals surface area contributed by atoms with E-state index in [0.29, 0.717) is 24.3 Å². The maximum atomic E-state index is 12.8. The number of rotatable bonds is 13. The summed E-state index contributed by atoms with van der Waals surface area (Å²) < 4.78 is 11.3. The Morgan fingerprint density at radius 3 is 2.20 bits per heavy atom. The van der Waals surface area contributed by atoms with Gasteiger partial charge in [0, 0.05) is 55.4 Å². The molecule has 4 aromatic rings. The Morgan fingerprint density at radius 2 is 1.43 bits per heavy atom. The molecule has 44 heavy (non-hydrogen) atoms. The first-order chi connectivity index (χ1) is 21.5. The molecule has 1 atom stereocenters. The predicted octanol–water partition coefficient (Wildman–Crippen LogP) is 6.72. The zero-order valence-electron chi connectivity index (χ0n) is 25.2. The Hall–Kier alpha value is -3.81. The Balaban J connectivity index is 0.985. The van der Waals surface area contributed by atoms with E-state index >= 15 is 0 Å². The highest BCUT2D eigenvalue weighted by atomic mass is 35.5. The molecule has 0 saturated carbocycles. The van der Waals surface area contributed by atoms with Gasteiger partial charge in [0.1, 0.15) is 6.61 Å². The van der Waals surface area contributed by atoms with Crippen LogP contribution in [0, 0.1) is 0 Å². The highest BCUT2D eigenvalue weighted by molar-refractivity contribution is 6.30. The number of hydrogen-bond acceptors (Lipinski definition) is 6. The molecule has 0 radical (unpaired) electrons. The first-order valence-corrected chi connectivity index (χ1v) is 15.6. The average molecular weight is 611 g/mol. The van der Waals surface area contributed by atoms with Crippen molar-refractivity contribution in [1.82, 2.24) is 9.80 Å². The number of halogens is 1. The van der Waals surface area contributed by atoms with Crippen LogP contribution < -0.4 is 0 Å². The van der Waals surface area contributed by atoms with Crippen LogP contribution in [0.25, 0.3) is 11.1 Å². The summed E-state index contributed by atoms with van der Waals surface area (Å²) in [5.41, 5.74) is 5.69. The molecule has 1 unspecified atom stereocenters. The van der Waals surface area contributed by atoms with Crippen LogP contribution in [0.2, 0.25) is 5.02 Å². The number of nitrogens with zero attached hydrogens (tertiary/aromatic N) is 2. The van der Waals surface area contributed by atoms with E-state index in [0.717, 1.165) is 49.9 Å². The molecular weight excluding hydrogens is 572 g/mol. The maximum Gasteiger partial charge on any atom is 0.313 e. The molecule has 1 aliphatic heterocycles. The van der Waals surface area contributed by atoms with Gasteiger partial charge in [-0.2, -0.15) is 0 Å². The molecule has 6 nitrogen and oxygen atoms in total. The highest BCUT2D eigenvalue weighted by Gasteiger charge is 2.20. The lowest BCUT2D eigenvalue weighted by atomic mass is 9.96. The van der Waals surface area contributed by atoms with Crippen LogP contribution in [0.5, 0.6) is 0 Å². The predicted molar refractivity (Wildman–Crippen MR) is 175 cm³/mol. The number of esters is 1. The van der Waals surface area contributed by atoms with E-state index in [-0.39, 0.29) is 18.4 Å². The van der Waals surface area contributed by atoms with Crippen molar-refractivity contribution < 1.29 is 19.1 Å². The second-order valence-corrected chi connectivity index (χ2v) is 11.5. The Kier molecular flexibility index (Phi) is 11.3. The molecule has 1 saturated heterocycles. The Bertz CT molecular complexity index is 1520. The molecule has 0 spiro atoms. The van der Waals surface area contributed by atoms with Crippen molar-refractivity contribution in [3.63, 3.8) is 0 Å². The van der Waals surface area contributed by atoms with Gasteiger partial charge in [0.2, 0.25) is 0 Å². The minimum Gasteiger partial charge on any atom is -0.463 e. The fourth-order valence-electron chi connectivity index (χ4n) is 5.44. The molecule has 1 fully saturated rings. The van der Waals surface area contributed by atoms with Gasteiger partial charge < -0.3 is 9.47 Å². The van der Waals surface area contributed by atoms with Crippen LogP contribution in [0.1, 0.15) is 39.9 Å². The van der Waals surface area contributed by atoms with E-state index in [1.807, 2.05) is 36.4 Å². The number of carbonyl (C=O) groups is 2. The van der Waals surface area contributed by atoms with Crippen LogP contribution in [-0.4, -0.2) is 74.1 Å². The van der Waals surface area contributed by atoms with Gasteiger partial charge in [0.25, 0.3) is 0 Å². The molecule has 7 heteroatoms. The van der Waals surface area contributed by atoms with Crippen LogP contribution in [0.15, 0.2) is 103 Å².